The van der Waals surface area contributed by atoms with Crippen molar-refractivity contribution in [3.05, 3.63) is 46.5 Å². The van der Waals surface area contributed by atoms with Crippen LogP contribution >= 0.6 is 0 Å². The number of hydrogen-bond acceptors (Lipinski definition) is 7. The van der Waals surface area contributed by atoms with Crippen LogP contribution in [0.1, 0.15) is 29.2 Å². The monoisotopic (exact) mass is 406 g/mol. The molecule has 2 aromatic carbocycles. The Hall–Kier alpha value is -3.19. The van der Waals surface area contributed by atoms with Gasteiger partial charge in [-0.3, -0.25) is 0 Å². The number of rotatable bonds is 6. The highest BCUT2D eigenvalue weighted by Crippen LogP contribution is 2.36. The lowest BCUT2D eigenvalue weighted by Gasteiger charge is -2.21. The van der Waals surface area contributed by atoms with Gasteiger partial charge >= 0.3 is 0 Å². The third-order valence-corrected chi connectivity index (χ3v) is 5.88. The Labute approximate surface area is 177 Å². The molecule has 0 aliphatic heterocycles. The number of benzene rings is 2. The Morgan fingerprint density at radius 2 is 1.33 bits per heavy atom. The van der Waals surface area contributed by atoms with Crippen molar-refractivity contribution < 1.29 is 5.11 Å². The van der Waals surface area contributed by atoms with E-state index in [4.69, 9.17) is 16.5 Å². The number of aromatic nitrogens is 3. The predicted octanol–water partition coefficient (Wildman–Crippen LogP) is 3.42. The van der Waals surface area contributed by atoms with Crippen molar-refractivity contribution in [3.8, 4) is 22.5 Å². The van der Waals surface area contributed by atoms with E-state index in [-0.39, 0.29) is 6.61 Å². The van der Waals surface area contributed by atoms with Crippen LogP contribution in [-0.2, 0) is 0 Å². The summed E-state index contributed by atoms with van der Waals surface area (Å²) in [5.41, 5.74) is 21.2. The lowest BCUT2D eigenvalue weighted by atomic mass is 9.93. The molecule has 5 N–H and O–H groups in total. The molecule has 0 amide bonds. The number of nitrogens with zero attached hydrogens (tertiary/aromatic N) is 4. The van der Waals surface area contributed by atoms with E-state index in [1.807, 2.05) is 63.8 Å². The Balaban J connectivity index is 2.31. The van der Waals surface area contributed by atoms with Gasteiger partial charge in [-0.15, -0.1) is 10.2 Å². The summed E-state index contributed by atoms with van der Waals surface area (Å²) < 4.78 is 0. The second-order valence-corrected chi connectivity index (χ2v) is 7.52. The van der Waals surface area contributed by atoms with E-state index in [0.29, 0.717) is 24.7 Å². The maximum absolute atomic E-state index is 9.41. The van der Waals surface area contributed by atoms with E-state index >= 15 is 0 Å². The molecule has 0 aliphatic rings. The van der Waals surface area contributed by atoms with Gasteiger partial charge in [-0.2, -0.15) is 0 Å². The second kappa shape index (κ2) is 8.67. The van der Waals surface area contributed by atoms with Gasteiger partial charge in [-0.25, -0.2) is 4.98 Å². The SMILES string of the molecule is CCN(CCO)c1nnc(-c2ccc(N)c(C)c2C)c(-c2ccc(N)c(C)c2C)n1. The molecule has 0 saturated carbocycles. The summed E-state index contributed by atoms with van der Waals surface area (Å²) in [7, 11) is 0. The normalized spacial score (nSPS) is 11.0. The third kappa shape index (κ3) is 3.80. The summed E-state index contributed by atoms with van der Waals surface area (Å²) in [6.07, 6.45) is 0. The quantitative estimate of drug-likeness (QED) is 0.537. The lowest BCUT2D eigenvalue weighted by molar-refractivity contribution is 0.301. The molecule has 1 heterocycles. The van der Waals surface area contributed by atoms with E-state index < -0.39 is 0 Å². The van der Waals surface area contributed by atoms with Crippen molar-refractivity contribution in [2.45, 2.75) is 34.6 Å². The number of likely N-dealkylation sites (N-methyl/N-ethyl adjacent to an activating group) is 1. The van der Waals surface area contributed by atoms with Gasteiger partial charge in [0.2, 0.25) is 5.95 Å². The van der Waals surface area contributed by atoms with Gasteiger partial charge in [0.15, 0.2) is 0 Å². The largest absolute Gasteiger partial charge is 0.399 e. The summed E-state index contributed by atoms with van der Waals surface area (Å²) >= 11 is 0. The first-order valence-electron chi connectivity index (χ1n) is 10.1. The first-order chi connectivity index (χ1) is 14.3. The lowest BCUT2D eigenvalue weighted by Crippen LogP contribution is -2.28. The van der Waals surface area contributed by atoms with E-state index in [2.05, 4.69) is 10.2 Å². The molecule has 7 heteroatoms. The van der Waals surface area contributed by atoms with Crippen LogP contribution in [0, 0.1) is 27.7 Å². The molecule has 0 saturated heterocycles. The summed E-state index contributed by atoms with van der Waals surface area (Å²) in [5.74, 6) is 0.490. The summed E-state index contributed by atoms with van der Waals surface area (Å²) in [6, 6.07) is 7.74. The van der Waals surface area contributed by atoms with Gasteiger partial charge in [-0.1, -0.05) is 12.1 Å². The fourth-order valence-electron chi connectivity index (χ4n) is 3.54. The van der Waals surface area contributed by atoms with Crippen molar-refractivity contribution in [3.63, 3.8) is 0 Å². The second-order valence-electron chi connectivity index (χ2n) is 7.52. The molecule has 1 aromatic heterocycles. The zero-order valence-electron chi connectivity index (χ0n) is 18.3. The Bertz CT molecular complexity index is 1080. The van der Waals surface area contributed by atoms with Crippen molar-refractivity contribution in [2.75, 3.05) is 36.1 Å². The Morgan fingerprint density at radius 1 is 0.800 bits per heavy atom. The minimum atomic E-state index is 0.0184. The Morgan fingerprint density at radius 3 is 1.83 bits per heavy atom. The summed E-state index contributed by atoms with van der Waals surface area (Å²) in [6.45, 7) is 11.2. The van der Waals surface area contributed by atoms with Gasteiger partial charge in [0.05, 0.1) is 6.61 Å². The molecule has 0 atom stereocenters. The highest BCUT2D eigenvalue weighted by atomic mass is 16.3. The van der Waals surface area contributed by atoms with Crippen LogP contribution in [0.2, 0.25) is 0 Å². The molecule has 30 heavy (non-hydrogen) atoms. The zero-order chi connectivity index (χ0) is 22.0. The van der Waals surface area contributed by atoms with Gasteiger partial charge < -0.3 is 21.5 Å². The molecule has 7 nitrogen and oxygen atoms in total. The van der Waals surface area contributed by atoms with Crippen molar-refractivity contribution in [1.29, 1.82) is 0 Å². The molecule has 0 radical (unpaired) electrons. The minimum Gasteiger partial charge on any atom is -0.399 e. The molecular formula is C23H30N6O. The van der Waals surface area contributed by atoms with Crippen LogP contribution in [0.4, 0.5) is 17.3 Å². The van der Waals surface area contributed by atoms with Crippen LogP contribution < -0.4 is 16.4 Å². The fourth-order valence-corrected chi connectivity index (χ4v) is 3.54. The van der Waals surface area contributed by atoms with Crippen LogP contribution in [0.25, 0.3) is 22.5 Å². The highest BCUT2D eigenvalue weighted by molar-refractivity contribution is 5.84. The smallest absolute Gasteiger partial charge is 0.246 e. The number of nitrogens with two attached hydrogens (primary N) is 2. The molecule has 0 aliphatic carbocycles. The van der Waals surface area contributed by atoms with Gasteiger partial charge in [0, 0.05) is 35.6 Å². The Kier molecular flexibility index (Phi) is 6.22. The number of hydrogen-bond donors (Lipinski definition) is 3. The molecule has 0 unspecified atom stereocenters. The zero-order valence-corrected chi connectivity index (χ0v) is 18.3. The van der Waals surface area contributed by atoms with Crippen LogP contribution in [-0.4, -0.2) is 40.0 Å². The van der Waals surface area contributed by atoms with Gasteiger partial charge in [-0.05, 0) is 69.0 Å². The maximum Gasteiger partial charge on any atom is 0.246 e. The van der Waals surface area contributed by atoms with Crippen LogP contribution in [0.15, 0.2) is 24.3 Å². The standard InChI is InChI=1S/C23H30N6O/c1-6-29(11-12-30)23-26-21(17-7-9-19(24)15(4)13(17)2)22(27-28-23)18-8-10-20(25)16(5)14(18)3/h7-10,30H,6,11-12,24-25H2,1-5H3. The third-order valence-electron chi connectivity index (χ3n) is 5.88. The maximum atomic E-state index is 9.41. The van der Waals surface area contributed by atoms with Crippen molar-refractivity contribution in [1.82, 2.24) is 15.2 Å². The molecule has 0 bridgehead atoms. The molecule has 3 rings (SSSR count). The number of aliphatic hydroxyl groups excluding tert-OH is 1. The summed E-state index contributed by atoms with van der Waals surface area (Å²) in [5, 5.41) is 18.4. The molecular weight excluding hydrogens is 376 g/mol. The number of nitrogen functional groups attached to an aromatic ring is 2. The van der Waals surface area contributed by atoms with Crippen molar-refractivity contribution in [2.24, 2.45) is 0 Å². The molecule has 0 spiro atoms. The van der Waals surface area contributed by atoms with Gasteiger partial charge in [0.25, 0.3) is 0 Å². The number of anilines is 3. The molecule has 3 aromatic rings. The average molecular weight is 407 g/mol. The van der Waals surface area contributed by atoms with Crippen molar-refractivity contribution >= 4 is 17.3 Å². The number of aliphatic hydroxyl groups is 1. The van der Waals surface area contributed by atoms with Crippen LogP contribution in [0.3, 0.4) is 0 Å². The molecule has 158 valence electrons. The molecule has 0 fully saturated rings. The predicted molar refractivity (Wildman–Crippen MR) is 123 cm³/mol. The first kappa shape index (κ1) is 21.5. The van der Waals surface area contributed by atoms with E-state index in [9.17, 15) is 5.11 Å². The van der Waals surface area contributed by atoms with E-state index in [0.717, 1.165) is 50.4 Å². The van der Waals surface area contributed by atoms with Gasteiger partial charge in [0.1, 0.15) is 11.4 Å². The fraction of sp³-hybridized carbons (Fsp3) is 0.348. The first-order valence-corrected chi connectivity index (χ1v) is 10.1. The summed E-state index contributed by atoms with van der Waals surface area (Å²) in [4.78, 5) is 6.81. The van der Waals surface area contributed by atoms with E-state index in [1.54, 1.807) is 0 Å². The average Bonchev–Trinajstić information content (AvgIpc) is 2.74. The van der Waals surface area contributed by atoms with Crippen LogP contribution in [0.5, 0.6) is 0 Å². The minimum absolute atomic E-state index is 0.0184. The highest BCUT2D eigenvalue weighted by Gasteiger charge is 2.20. The van der Waals surface area contributed by atoms with E-state index in [1.165, 1.54) is 0 Å². The topological polar surface area (TPSA) is 114 Å².